The van der Waals surface area contributed by atoms with E-state index < -0.39 is 10.0 Å². The van der Waals surface area contributed by atoms with Crippen LogP contribution in [0, 0.1) is 0 Å². The fourth-order valence-electron chi connectivity index (χ4n) is 1.82. The number of hydrogen-bond acceptors (Lipinski definition) is 3. The Hall–Kier alpha value is -0.910. The smallest absolute Gasteiger partial charge is 0.242 e. The van der Waals surface area contributed by atoms with Crippen LogP contribution in [0.4, 0.5) is 0 Å². The highest BCUT2D eigenvalue weighted by Gasteiger charge is 2.19. The monoisotopic (exact) mass is 285 g/mol. The molecule has 0 saturated carbocycles. The first-order chi connectivity index (χ1) is 9.02. The van der Waals surface area contributed by atoms with E-state index in [-0.39, 0.29) is 6.61 Å². The maximum Gasteiger partial charge on any atom is 0.242 e. The number of aliphatic hydroxyl groups excluding tert-OH is 1. The fourth-order valence-corrected chi connectivity index (χ4v) is 3.03. The van der Waals surface area contributed by atoms with Crippen LogP contribution in [0.3, 0.4) is 0 Å². The topological polar surface area (TPSA) is 57.6 Å². The molecule has 1 aromatic carbocycles. The molecule has 0 radical (unpaired) electrons. The Bertz CT molecular complexity index is 468. The van der Waals surface area contributed by atoms with Gasteiger partial charge in [0.1, 0.15) is 0 Å². The molecule has 19 heavy (non-hydrogen) atoms. The number of unbranched alkanes of at least 4 members (excludes halogenated alkanes) is 2. The van der Waals surface area contributed by atoms with Gasteiger partial charge in [0.05, 0.1) is 4.90 Å². The van der Waals surface area contributed by atoms with Gasteiger partial charge in [-0.25, -0.2) is 12.7 Å². The molecular formula is C14H23NO3S. The molecule has 0 unspecified atom stereocenters. The highest BCUT2D eigenvalue weighted by Crippen LogP contribution is 2.16. The summed E-state index contributed by atoms with van der Waals surface area (Å²) in [6.45, 7) is 2.68. The normalized spacial score (nSPS) is 12.0. The van der Waals surface area contributed by atoms with Gasteiger partial charge in [-0.1, -0.05) is 19.1 Å². The summed E-state index contributed by atoms with van der Waals surface area (Å²) in [5, 5.41) is 8.69. The lowest BCUT2D eigenvalue weighted by Gasteiger charge is -2.17. The molecule has 1 aromatic rings. The van der Waals surface area contributed by atoms with Gasteiger partial charge in [0.2, 0.25) is 10.0 Å². The number of nitrogens with zero attached hydrogens (tertiary/aromatic N) is 1. The first kappa shape index (κ1) is 16.1. The molecule has 5 heteroatoms. The van der Waals surface area contributed by atoms with Crippen LogP contribution in [-0.4, -0.2) is 38.0 Å². The zero-order chi connectivity index (χ0) is 14.3. The van der Waals surface area contributed by atoms with Gasteiger partial charge in [-0.05, 0) is 43.4 Å². The van der Waals surface area contributed by atoms with E-state index in [0.29, 0.717) is 11.4 Å². The molecule has 0 bridgehead atoms. The molecule has 0 spiro atoms. The van der Waals surface area contributed by atoms with Gasteiger partial charge >= 0.3 is 0 Å². The molecule has 0 saturated heterocycles. The van der Waals surface area contributed by atoms with Crippen molar-refractivity contribution in [1.82, 2.24) is 4.31 Å². The molecule has 1 rings (SSSR count). The Morgan fingerprint density at radius 2 is 1.74 bits per heavy atom. The number of rotatable bonds is 8. The SMILES string of the molecule is CCc1ccc(S(=O)(=O)N(C)CCCCCO)cc1. The van der Waals surface area contributed by atoms with E-state index in [9.17, 15) is 8.42 Å². The average Bonchev–Trinajstić information content (AvgIpc) is 2.43. The van der Waals surface area contributed by atoms with Crippen molar-refractivity contribution >= 4 is 10.0 Å². The summed E-state index contributed by atoms with van der Waals surface area (Å²) in [7, 11) is -1.78. The lowest BCUT2D eigenvalue weighted by atomic mass is 10.2. The van der Waals surface area contributed by atoms with Crippen molar-refractivity contribution in [2.45, 2.75) is 37.5 Å². The van der Waals surface area contributed by atoms with Crippen LogP contribution in [0.1, 0.15) is 31.7 Å². The van der Waals surface area contributed by atoms with Crippen molar-refractivity contribution in [2.24, 2.45) is 0 Å². The minimum Gasteiger partial charge on any atom is -0.396 e. The van der Waals surface area contributed by atoms with Crippen LogP contribution in [-0.2, 0) is 16.4 Å². The van der Waals surface area contributed by atoms with E-state index in [4.69, 9.17) is 5.11 Å². The van der Waals surface area contributed by atoms with E-state index in [0.717, 1.165) is 31.2 Å². The second-order valence-electron chi connectivity index (χ2n) is 4.61. The summed E-state index contributed by atoms with van der Waals surface area (Å²) in [6, 6.07) is 7.04. The Kier molecular flexibility index (Phi) is 6.48. The summed E-state index contributed by atoms with van der Waals surface area (Å²) in [5.41, 5.74) is 1.13. The number of aryl methyl sites for hydroxylation is 1. The maximum absolute atomic E-state index is 12.3. The minimum absolute atomic E-state index is 0.162. The lowest BCUT2D eigenvalue weighted by Crippen LogP contribution is -2.28. The van der Waals surface area contributed by atoms with Gasteiger partial charge in [-0.15, -0.1) is 0 Å². The van der Waals surface area contributed by atoms with E-state index in [1.807, 2.05) is 19.1 Å². The molecule has 0 amide bonds. The molecule has 0 fully saturated rings. The number of sulfonamides is 1. The van der Waals surface area contributed by atoms with E-state index in [1.54, 1.807) is 19.2 Å². The van der Waals surface area contributed by atoms with Crippen molar-refractivity contribution in [1.29, 1.82) is 0 Å². The van der Waals surface area contributed by atoms with Gasteiger partial charge in [0.25, 0.3) is 0 Å². The van der Waals surface area contributed by atoms with E-state index >= 15 is 0 Å². The average molecular weight is 285 g/mol. The van der Waals surface area contributed by atoms with Crippen LogP contribution in [0.5, 0.6) is 0 Å². The lowest BCUT2D eigenvalue weighted by molar-refractivity contribution is 0.281. The summed E-state index contributed by atoms with van der Waals surface area (Å²) in [4.78, 5) is 0.342. The molecule has 1 N–H and O–H groups in total. The standard InChI is InChI=1S/C14H23NO3S/c1-3-13-7-9-14(10-8-13)19(17,18)15(2)11-5-4-6-12-16/h7-10,16H,3-6,11-12H2,1-2H3. The van der Waals surface area contributed by atoms with Crippen LogP contribution in [0.25, 0.3) is 0 Å². The highest BCUT2D eigenvalue weighted by molar-refractivity contribution is 7.89. The van der Waals surface area contributed by atoms with Gasteiger partial charge in [0.15, 0.2) is 0 Å². The molecule has 0 aliphatic carbocycles. The zero-order valence-corrected chi connectivity index (χ0v) is 12.5. The third-order valence-corrected chi connectivity index (χ3v) is 5.04. The molecule has 0 heterocycles. The Labute approximate surface area is 116 Å². The fraction of sp³-hybridized carbons (Fsp3) is 0.571. The largest absolute Gasteiger partial charge is 0.396 e. The first-order valence-corrected chi connectivity index (χ1v) is 8.12. The summed E-state index contributed by atoms with van der Waals surface area (Å²) >= 11 is 0. The number of aliphatic hydroxyl groups is 1. The molecule has 4 nitrogen and oxygen atoms in total. The number of benzene rings is 1. The number of hydrogen-bond donors (Lipinski definition) is 1. The van der Waals surface area contributed by atoms with Gasteiger partial charge in [-0.3, -0.25) is 0 Å². The molecule has 0 aliphatic rings. The molecular weight excluding hydrogens is 262 g/mol. The van der Waals surface area contributed by atoms with Crippen LogP contribution in [0.15, 0.2) is 29.2 Å². The predicted octanol–water partition coefficient (Wildman–Crippen LogP) is 2.03. The Morgan fingerprint density at radius 3 is 2.26 bits per heavy atom. The Balaban J connectivity index is 2.67. The van der Waals surface area contributed by atoms with Crippen molar-refractivity contribution in [3.8, 4) is 0 Å². The first-order valence-electron chi connectivity index (χ1n) is 6.68. The van der Waals surface area contributed by atoms with Crippen molar-refractivity contribution in [2.75, 3.05) is 20.2 Å². The Morgan fingerprint density at radius 1 is 1.11 bits per heavy atom. The quantitative estimate of drug-likeness (QED) is 0.744. The van der Waals surface area contributed by atoms with E-state index in [1.165, 1.54) is 4.31 Å². The summed E-state index contributed by atoms with van der Waals surface area (Å²) in [5.74, 6) is 0. The molecule has 0 aliphatic heterocycles. The summed E-state index contributed by atoms with van der Waals surface area (Å²) < 4.78 is 25.9. The minimum atomic E-state index is -3.38. The van der Waals surface area contributed by atoms with Crippen molar-refractivity contribution in [3.05, 3.63) is 29.8 Å². The van der Waals surface area contributed by atoms with Crippen molar-refractivity contribution in [3.63, 3.8) is 0 Å². The molecule has 108 valence electrons. The summed E-state index contributed by atoms with van der Waals surface area (Å²) in [6.07, 6.45) is 3.23. The third-order valence-electron chi connectivity index (χ3n) is 3.17. The second kappa shape index (κ2) is 7.62. The van der Waals surface area contributed by atoms with Crippen LogP contribution in [0.2, 0.25) is 0 Å². The third kappa shape index (κ3) is 4.60. The predicted molar refractivity (Wildman–Crippen MR) is 76.6 cm³/mol. The molecule has 0 aromatic heterocycles. The zero-order valence-electron chi connectivity index (χ0n) is 11.7. The van der Waals surface area contributed by atoms with Gasteiger partial charge < -0.3 is 5.11 Å². The molecule has 0 atom stereocenters. The maximum atomic E-state index is 12.3. The highest BCUT2D eigenvalue weighted by atomic mass is 32.2. The van der Waals surface area contributed by atoms with Gasteiger partial charge in [-0.2, -0.15) is 0 Å². The van der Waals surface area contributed by atoms with E-state index in [2.05, 4.69) is 0 Å². The van der Waals surface area contributed by atoms with Crippen molar-refractivity contribution < 1.29 is 13.5 Å². The second-order valence-corrected chi connectivity index (χ2v) is 6.65. The van der Waals surface area contributed by atoms with Crippen LogP contribution >= 0.6 is 0 Å². The van der Waals surface area contributed by atoms with Gasteiger partial charge in [0, 0.05) is 20.2 Å². The van der Waals surface area contributed by atoms with Crippen LogP contribution < -0.4 is 0 Å².